The van der Waals surface area contributed by atoms with Gasteiger partial charge in [0.05, 0.1) is 22.6 Å². The molecule has 1 saturated heterocycles. The number of piperazine rings is 1. The molecule has 1 unspecified atom stereocenters. The lowest BCUT2D eigenvalue weighted by atomic mass is 10.2. The molecule has 3 amide bonds. The molecule has 0 radical (unpaired) electrons. The molecule has 176 valence electrons. The number of carbonyl (C=O) groups excluding carboxylic acids is 3. The fourth-order valence-corrected chi connectivity index (χ4v) is 5.95. The van der Waals surface area contributed by atoms with Gasteiger partial charge in [0, 0.05) is 49.2 Å². The van der Waals surface area contributed by atoms with Gasteiger partial charge in [-0.15, -0.1) is 11.8 Å². The monoisotopic (exact) mass is 491 g/mol. The molecule has 1 aromatic heterocycles. The molecule has 33 heavy (non-hydrogen) atoms. The van der Waals surface area contributed by atoms with Crippen LogP contribution in [0.2, 0.25) is 0 Å². The molecule has 1 N–H and O–H groups in total. The van der Waals surface area contributed by atoms with Crippen molar-refractivity contribution in [1.29, 1.82) is 0 Å². The second-order valence-corrected chi connectivity index (χ2v) is 11.2. The molecule has 0 spiro atoms. The number of thioether (sulfide) groups is 1. The lowest BCUT2D eigenvalue weighted by Gasteiger charge is -2.34. The van der Waals surface area contributed by atoms with Gasteiger partial charge < -0.3 is 19.5 Å². The van der Waals surface area contributed by atoms with Gasteiger partial charge in [0.15, 0.2) is 15.6 Å². The molecule has 1 aromatic carbocycles. The summed E-state index contributed by atoms with van der Waals surface area (Å²) in [6.45, 7) is 3.22. The van der Waals surface area contributed by atoms with E-state index < -0.39 is 9.84 Å². The van der Waals surface area contributed by atoms with Crippen LogP contribution in [0.15, 0.2) is 50.8 Å². The summed E-state index contributed by atoms with van der Waals surface area (Å²) in [5.74, 6) is -0.252. The zero-order valence-electron chi connectivity index (χ0n) is 18.2. The minimum atomic E-state index is -3.71. The number of rotatable bonds is 5. The number of fused-ring (bicyclic) bond motifs is 1. The smallest absolute Gasteiger partial charge is 0.289 e. The van der Waals surface area contributed by atoms with E-state index in [2.05, 4.69) is 5.32 Å². The average molecular weight is 492 g/mol. The summed E-state index contributed by atoms with van der Waals surface area (Å²) in [5, 5.41) is 2.79. The van der Waals surface area contributed by atoms with E-state index in [1.165, 1.54) is 30.2 Å². The van der Waals surface area contributed by atoms with Crippen molar-refractivity contribution >= 4 is 45.0 Å². The zero-order valence-corrected chi connectivity index (χ0v) is 19.8. The van der Waals surface area contributed by atoms with Crippen LogP contribution in [0, 0.1) is 5.92 Å². The minimum absolute atomic E-state index is 0.0818. The van der Waals surface area contributed by atoms with Gasteiger partial charge in [0.25, 0.3) is 5.91 Å². The van der Waals surface area contributed by atoms with Gasteiger partial charge >= 0.3 is 0 Å². The third-order valence-corrected chi connectivity index (χ3v) is 8.79. The third-order valence-electron chi connectivity index (χ3n) is 5.74. The number of nitrogens with zero attached hydrogens (tertiary/aromatic N) is 2. The molecule has 9 nitrogen and oxygen atoms in total. The van der Waals surface area contributed by atoms with Crippen molar-refractivity contribution in [2.24, 2.45) is 5.92 Å². The molecule has 2 aliphatic heterocycles. The lowest BCUT2D eigenvalue weighted by molar-refractivity contribution is -0.132. The van der Waals surface area contributed by atoms with Gasteiger partial charge in [0.1, 0.15) is 0 Å². The number of nitrogens with one attached hydrogen (secondary N) is 1. The molecule has 3 heterocycles. The van der Waals surface area contributed by atoms with Crippen LogP contribution in [0.4, 0.5) is 5.69 Å². The molecule has 0 aliphatic carbocycles. The second kappa shape index (κ2) is 9.60. The fourth-order valence-electron chi connectivity index (χ4n) is 3.69. The van der Waals surface area contributed by atoms with Crippen molar-refractivity contribution in [2.45, 2.75) is 23.1 Å². The summed E-state index contributed by atoms with van der Waals surface area (Å²) < 4.78 is 30.8. The quantitative estimate of drug-likeness (QED) is 0.681. The highest BCUT2D eigenvalue weighted by Crippen LogP contribution is 2.34. The molecule has 1 atom stereocenters. The molecule has 0 bridgehead atoms. The Hall–Kier alpha value is -2.79. The molecular formula is C22H25N3O6S2. The first kappa shape index (κ1) is 23.4. The summed E-state index contributed by atoms with van der Waals surface area (Å²) >= 11 is 1.51. The molecule has 11 heteroatoms. The van der Waals surface area contributed by atoms with Crippen LogP contribution in [0.1, 0.15) is 23.9 Å². The van der Waals surface area contributed by atoms with Crippen molar-refractivity contribution in [2.75, 3.05) is 43.0 Å². The normalized spacial score (nSPS) is 18.9. The van der Waals surface area contributed by atoms with E-state index in [-0.39, 0.29) is 46.5 Å². The first-order valence-electron chi connectivity index (χ1n) is 10.7. The van der Waals surface area contributed by atoms with E-state index in [0.29, 0.717) is 37.6 Å². The van der Waals surface area contributed by atoms with Crippen molar-refractivity contribution in [3.63, 3.8) is 0 Å². The van der Waals surface area contributed by atoms with Crippen molar-refractivity contribution < 1.29 is 27.2 Å². The lowest BCUT2D eigenvalue weighted by Crippen LogP contribution is -2.50. The van der Waals surface area contributed by atoms with E-state index in [1.54, 1.807) is 28.0 Å². The summed E-state index contributed by atoms with van der Waals surface area (Å²) in [7, 11) is -3.71. The first-order chi connectivity index (χ1) is 15.7. The first-order valence-corrected chi connectivity index (χ1v) is 13.3. The maximum Gasteiger partial charge on any atom is 0.289 e. The fraction of sp³-hybridized carbons (Fsp3) is 0.409. The summed E-state index contributed by atoms with van der Waals surface area (Å²) in [6.07, 6.45) is 1.29. The Morgan fingerprint density at radius 1 is 1.15 bits per heavy atom. The Balaban J connectivity index is 1.33. The number of hydrogen-bond donors (Lipinski definition) is 1. The van der Waals surface area contributed by atoms with E-state index >= 15 is 0 Å². The minimum Gasteiger partial charge on any atom is -0.459 e. The van der Waals surface area contributed by atoms with Crippen LogP contribution in [0.5, 0.6) is 0 Å². The average Bonchev–Trinajstić information content (AvgIpc) is 3.31. The van der Waals surface area contributed by atoms with Crippen LogP contribution >= 0.6 is 11.8 Å². The molecule has 4 rings (SSSR count). The van der Waals surface area contributed by atoms with Gasteiger partial charge in [-0.05, 0) is 30.3 Å². The van der Waals surface area contributed by atoms with Gasteiger partial charge in [-0.3, -0.25) is 14.4 Å². The number of hydrogen-bond acceptors (Lipinski definition) is 7. The van der Waals surface area contributed by atoms with Gasteiger partial charge in [0.2, 0.25) is 11.8 Å². The third kappa shape index (κ3) is 5.25. The van der Waals surface area contributed by atoms with Gasteiger partial charge in [-0.2, -0.15) is 0 Å². The molecule has 1 fully saturated rings. The maximum absolute atomic E-state index is 12.9. The van der Waals surface area contributed by atoms with E-state index in [9.17, 15) is 22.8 Å². The number of amides is 3. The molecule has 2 aromatic rings. The Bertz CT molecular complexity index is 1150. The SMILES string of the molecule is CC1CSc2ccc(S(=O)(=O)CCC(=O)N3CCN(C(=O)c4ccco4)CC3)cc2NC1=O. The maximum atomic E-state index is 12.9. The predicted octanol–water partition coefficient (Wildman–Crippen LogP) is 2.11. The van der Waals surface area contributed by atoms with Crippen molar-refractivity contribution in [3.8, 4) is 0 Å². The number of carbonyl (C=O) groups is 3. The molecular weight excluding hydrogens is 466 g/mol. The van der Waals surface area contributed by atoms with Crippen LogP contribution in [0.25, 0.3) is 0 Å². The standard InChI is InChI=1S/C22H25N3O6S2/c1-15-14-32-19-5-4-16(13-17(19)23-21(15)27)33(29,30)12-6-20(26)24-7-9-25(10-8-24)22(28)18-3-2-11-31-18/h2-5,11,13,15H,6-10,12,14H2,1H3,(H,23,27). The number of sulfone groups is 1. The highest BCUT2D eigenvalue weighted by Gasteiger charge is 2.28. The number of benzene rings is 1. The van der Waals surface area contributed by atoms with Crippen LogP contribution in [-0.2, 0) is 19.4 Å². The zero-order chi connectivity index (χ0) is 23.6. The van der Waals surface area contributed by atoms with Crippen LogP contribution in [-0.4, -0.2) is 73.6 Å². The van der Waals surface area contributed by atoms with Crippen LogP contribution in [0.3, 0.4) is 0 Å². The number of furan rings is 1. The Kier molecular flexibility index (Phi) is 6.80. The Morgan fingerprint density at radius 3 is 2.58 bits per heavy atom. The van der Waals surface area contributed by atoms with Crippen LogP contribution < -0.4 is 5.32 Å². The van der Waals surface area contributed by atoms with Gasteiger partial charge in [-0.1, -0.05) is 6.92 Å². The van der Waals surface area contributed by atoms with Gasteiger partial charge in [-0.25, -0.2) is 8.42 Å². The summed E-state index contributed by atoms with van der Waals surface area (Å²) in [5.41, 5.74) is 0.485. The van der Waals surface area contributed by atoms with Crippen molar-refractivity contribution in [1.82, 2.24) is 9.80 Å². The number of anilines is 1. The second-order valence-electron chi connectivity index (χ2n) is 8.08. The van der Waals surface area contributed by atoms with Crippen molar-refractivity contribution in [3.05, 3.63) is 42.4 Å². The predicted molar refractivity (Wildman–Crippen MR) is 123 cm³/mol. The molecule has 2 aliphatic rings. The van der Waals surface area contributed by atoms with E-state index in [4.69, 9.17) is 4.42 Å². The molecule has 0 saturated carbocycles. The van der Waals surface area contributed by atoms with E-state index in [0.717, 1.165) is 4.90 Å². The summed E-state index contributed by atoms with van der Waals surface area (Å²) in [6, 6.07) is 7.93. The highest BCUT2D eigenvalue weighted by atomic mass is 32.2. The Morgan fingerprint density at radius 2 is 1.88 bits per heavy atom. The largest absolute Gasteiger partial charge is 0.459 e. The highest BCUT2D eigenvalue weighted by molar-refractivity contribution is 7.99. The summed E-state index contributed by atoms with van der Waals surface area (Å²) in [4.78, 5) is 41.2. The topological polar surface area (TPSA) is 117 Å². The van der Waals surface area contributed by atoms with E-state index in [1.807, 2.05) is 6.92 Å². The Labute approximate surface area is 196 Å².